The van der Waals surface area contributed by atoms with Crippen LogP contribution in [0.25, 0.3) is 0 Å². The predicted octanol–water partition coefficient (Wildman–Crippen LogP) is 4.40. The second-order valence-electron chi connectivity index (χ2n) is 5.81. The molecule has 0 radical (unpaired) electrons. The average Bonchev–Trinajstić information content (AvgIpc) is 3.05. The Morgan fingerprint density at radius 3 is 2.84 bits per heavy atom. The molecule has 0 spiro atoms. The normalized spacial score (nSPS) is 16.8. The molecule has 0 aliphatic carbocycles. The first-order chi connectivity index (χ1) is 12.0. The van der Waals surface area contributed by atoms with Crippen LogP contribution < -0.4 is 4.90 Å². The Morgan fingerprint density at radius 2 is 2.12 bits per heavy atom. The van der Waals surface area contributed by atoms with E-state index in [1.165, 1.54) is 0 Å². The number of hydrogen-bond donors (Lipinski definition) is 1. The number of aryl methyl sites for hydroxylation is 1. The van der Waals surface area contributed by atoms with Gasteiger partial charge in [0.05, 0.1) is 28.5 Å². The van der Waals surface area contributed by atoms with E-state index in [0.717, 1.165) is 27.5 Å². The van der Waals surface area contributed by atoms with E-state index in [0.29, 0.717) is 23.8 Å². The van der Waals surface area contributed by atoms with Crippen molar-refractivity contribution in [3.05, 3.63) is 63.3 Å². The van der Waals surface area contributed by atoms with Crippen molar-refractivity contribution in [2.45, 2.75) is 6.54 Å². The molecule has 1 atom stereocenters. The van der Waals surface area contributed by atoms with Crippen molar-refractivity contribution < 1.29 is 9.90 Å². The maximum absolute atomic E-state index is 11.6. The number of aliphatic imine (C=N–C) groups is 1. The van der Waals surface area contributed by atoms with Crippen molar-refractivity contribution in [3.63, 3.8) is 0 Å². The van der Waals surface area contributed by atoms with Crippen molar-refractivity contribution >= 4 is 50.5 Å². The molecule has 3 heterocycles. The molecule has 0 fully saturated rings. The van der Waals surface area contributed by atoms with Crippen molar-refractivity contribution in [2.24, 2.45) is 11.2 Å². The maximum Gasteiger partial charge on any atom is 0.341 e. The molecular formula is C17H14Cl2N3O2S+. The predicted molar refractivity (Wildman–Crippen MR) is 102 cm³/mol. The number of allylic oxidation sites excluding steroid dienone is 1. The number of rotatable bonds is 2. The number of hydrogen-bond acceptors (Lipinski definition) is 4. The summed E-state index contributed by atoms with van der Waals surface area (Å²) in [5, 5.41) is 12.9. The van der Waals surface area contributed by atoms with Crippen LogP contribution in [0.5, 0.6) is 0 Å². The average molecular weight is 395 g/mol. The van der Waals surface area contributed by atoms with Gasteiger partial charge in [-0.05, 0) is 6.07 Å². The van der Waals surface area contributed by atoms with Gasteiger partial charge in [0.25, 0.3) is 5.00 Å². The molecule has 8 heteroatoms. The van der Waals surface area contributed by atoms with Crippen LogP contribution in [-0.4, -0.2) is 27.9 Å². The number of carboxylic acid groups (broad SMARTS) is 1. The van der Waals surface area contributed by atoms with Gasteiger partial charge in [-0.2, -0.15) is 0 Å². The minimum atomic E-state index is -0.923. The lowest BCUT2D eigenvalue weighted by Gasteiger charge is -2.18. The Hall–Kier alpha value is -2.02. The molecule has 0 bridgehead atoms. The smallest absolute Gasteiger partial charge is 0.341 e. The largest absolute Gasteiger partial charge is 0.477 e. The molecule has 2 aliphatic heterocycles. The summed E-state index contributed by atoms with van der Waals surface area (Å²) in [4.78, 5) is 18.4. The van der Waals surface area contributed by atoms with Crippen molar-refractivity contribution in [3.8, 4) is 0 Å². The number of carbonyl (C=O) groups is 1. The van der Waals surface area contributed by atoms with E-state index in [1.807, 2.05) is 41.6 Å². The lowest BCUT2D eigenvalue weighted by atomic mass is 10.1. The van der Waals surface area contributed by atoms with Crippen molar-refractivity contribution in [1.29, 1.82) is 0 Å². The molecule has 1 N–H and O–H groups in total. The second kappa shape index (κ2) is 6.05. The highest BCUT2D eigenvalue weighted by Gasteiger charge is 2.39. The Kier molecular flexibility index (Phi) is 3.98. The van der Waals surface area contributed by atoms with E-state index in [1.54, 1.807) is 9.80 Å². The lowest BCUT2D eigenvalue weighted by molar-refractivity contribution is 0.0696. The quantitative estimate of drug-likeness (QED) is 0.605. The van der Waals surface area contributed by atoms with E-state index in [-0.39, 0.29) is 10.5 Å². The Morgan fingerprint density at radius 1 is 1.36 bits per heavy atom. The highest BCUT2D eigenvalue weighted by atomic mass is 35.5. The summed E-state index contributed by atoms with van der Waals surface area (Å²) >= 11 is 12.6. The van der Waals surface area contributed by atoms with Gasteiger partial charge >= 0.3 is 5.97 Å². The minimum Gasteiger partial charge on any atom is -0.477 e. The third-order valence-corrected chi connectivity index (χ3v) is 6.46. The first kappa shape index (κ1) is 16.4. The fourth-order valence-corrected chi connectivity index (χ4v) is 5.41. The Bertz CT molecular complexity index is 951. The highest BCUT2D eigenvalue weighted by Crippen LogP contribution is 2.45. The summed E-state index contributed by atoms with van der Waals surface area (Å²) in [5.41, 5.74) is 3.46. The minimum absolute atomic E-state index is 0.307. The first-order valence-electron chi connectivity index (χ1n) is 7.52. The summed E-state index contributed by atoms with van der Waals surface area (Å²) in [5.74, 6) is -0.923. The third kappa shape index (κ3) is 2.61. The van der Waals surface area contributed by atoms with Gasteiger partial charge in [0, 0.05) is 34.0 Å². The second-order valence-corrected chi connectivity index (χ2v) is 8.39. The summed E-state index contributed by atoms with van der Waals surface area (Å²) < 4.78 is 1.55. The molecule has 1 unspecified atom stereocenters. The SMILES string of the molecule is C[s+]1cc(C(=O)O)c2c1N1CN(Cl)C=C1C(c1ccccc1Cl)=NC2. The van der Waals surface area contributed by atoms with E-state index >= 15 is 0 Å². The first-order valence-corrected chi connectivity index (χ1v) is 9.93. The number of carboxylic acids is 1. The monoisotopic (exact) mass is 394 g/mol. The topological polar surface area (TPSA) is 56.1 Å². The van der Waals surface area contributed by atoms with Gasteiger partial charge in [-0.15, -0.1) is 0 Å². The lowest BCUT2D eigenvalue weighted by Crippen LogP contribution is -2.26. The van der Waals surface area contributed by atoms with Crippen LogP contribution in [0.2, 0.25) is 5.02 Å². The van der Waals surface area contributed by atoms with Crippen molar-refractivity contribution in [2.75, 3.05) is 11.6 Å². The standard InChI is InChI=1S/C17H13Cl2N3O2S/c1-25-8-12(17(23)24)11-6-20-15(10-4-2-3-5-13(10)18)14-7-21(19)9-22(14)16(11)25/h2-5,7-8H,6,9H2,1H3/p+1. The molecule has 4 rings (SSSR count). The number of thiophene rings is 1. The van der Waals surface area contributed by atoms with Gasteiger partial charge in [0.2, 0.25) is 0 Å². The summed E-state index contributed by atoms with van der Waals surface area (Å²) in [7, 11) is -0.323. The Labute approximate surface area is 157 Å². The van der Waals surface area contributed by atoms with Crippen molar-refractivity contribution in [1.82, 2.24) is 4.42 Å². The van der Waals surface area contributed by atoms with Gasteiger partial charge < -0.3 is 5.11 Å². The van der Waals surface area contributed by atoms with Crippen LogP contribution in [0, 0.1) is 0 Å². The molecule has 5 nitrogen and oxygen atoms in total. The molecule has 128 valence electrons. The van der Waals surface area contributed by atoms with Gasteiger partial charge in [-0.3, -0.25) is 14.3 Å². The van der Waals surface area contributed by atoms with Gasteiger partial charge in [0.1, 0.15) is 18.5 Å². The number of halogens is 2. The molecule has 0 saturated heterocycles. The zero-order valence-electron chi connectivity index (χ0n) is 13.2. The van der Waals surface area contributed by atoms with Crippen LogP contribution in [-0.2, 0) is 12.8 Å². The fraction of sp³-hybridized carbons (Fsp3) is 0.176. The van der Waals surface area contributed by atoms with E-state index in [2.05, 4.69) is 0 Å². The summed E-state index contributed by atoms with van der Waals surface area (Å²) in [6.45, 7) is 0.749. The third-order valence-electron chi connectivity index (χ3n) is 4.26. The fourth-order valence-electron chi connectivity index (χ4n) is 3.21. The molecule has 25 heavy (non-hydrogen) atoms. The zero-order valence-corrected chi connectivity index (χ0v) is 15.6. The molecule has 0 amide bonds. The molecule has 1 aromatic heterocycles. The summed E-state index contributed by atoms with van der Waals surface area (Å²) in [6, 6.07) is 7.50. The van der Waals surface area contributed by atoms with E-state index in [9.17, 15) is 9.90 Å². The summed E-state index contributed by atoms with van der Waals surface area (Å²) in [6.07, 6.45) is 3.83. The number of fused-ring (bicyclic) bond motifs is 3. The number of benzene rings is 1. The van der Waals surface area contributed by atoms with Gasteiger partial charge in [-0.25, -0.2) is 4.79 Å². The van der Waals surface area contributed by atoms with Crippen LogP contribution in [0.4, 0.5) is 5.00 Å². The van der Waals surface area contributed by atoms with Crippen LogP contribution >= 0.6 is 33.8 Å². The van der Waals surface area contributed by atoms with E-state index in [4.69, 9.17) is 28.4 Å². The highest BCUT2D eigenvalue weighted by molar-refractivity contribution is 7.32. The van der Waals surface area contributed by atoms with Crippen LogP contribution in [0.1, 0.15) is 21.5 Å². The Balaban J connectivity index is 1.93. The van der Waals surface area contributed by atoms with Crippen LogP contribution in [0.3, 0.4) is 0 Å². The molecule has 1 aromatic carbocycles. The van der Waals surface area contributed by atoms with E-state index < -0.39 is 5.97 Å². The zero-order chi connectivity index (χ0) is 17.7. The van der Waals surface area contributed by atoms with Crippen LogP contribution in [0.15, 0.2) is 46.5 Å². The molecule has 0 saturated carbocycles. The maximum atomic E-state index is 11.6. The van der Waals surface area contributed by atoms with Gasteiger partial charge in [0.15, 0.2) is 5.38 Å². The number of anilines is 1. The molecule has 2 aliphatic rings. The number of aromatic carboxylic acids is 1. The molecule has 2 aromatic rings. The number of nitrogens with zero attached hydrogens (tertiary/aromatic N) is 3. The van der Waals surface area contributed by atoms with Gasteiger partial charge in [-0.1, -0.05) is 29.8 Å². The molecular weight excluding hydrogens is 381 g/mol.